The van der Waals surface area contributed by atoms with E-state index < -0.39 is 0 Å². The number of hydrogen-bond acceptors (Lipinski definition) is 2. The van der Waals surface area contributed by atoms with Crippen LogP contribution in [0, 0.1) is 0 Å². The van der Waals surface area contributed by atoms with Crippen molar-refractivity contribution in [1.82, 2.24) is 4.98 Å². The monoisotopic (exact) mass is 218 g/mol. The van der Waals surface area contributed by atoms with E-state index in [1.54, 1.807) is 12.4 Å². The highest BCUT2D eigenvalue weighted by molar-refractivity contribution is 6.30. The van der Waals surface area contributed by atoms with Crippen molar-refractivity contribution >= 4 is 11.6 Å². The molecule has 0 unspecified atom stereocenters. The van der Waals surface area contributed by atoms with Gasteiger partial charge < -0.3 is 5.73 Å². The van der Waals surface area contributed by atoms with E-state index in [9.17, 15) is 0 Å². The fraction of sp³-hybridized carbons (Fsp3) is 0.0833. The number of benzene rings is 1. The first kappa shape index (κ1) is 10.1. The van der Waals surface area contributed by atoms with Gasteiger partial charge in [0.05, 0.1) is 6.04 Å². The zero-order valence-corrected chi connectivity index (χ0v) is 8.85. The Hall–Kier alpha value is -1.38. The van der Waals surface area contributed by atoms with Crippen molar-refractivity contribution in [3.05, 3.63) is 64.9 Å². The fourth-order valence-electron chi connectivity index (χ4n) is 1.42. The van der Waals surface area contributed by atoms with Crippen LogP contribution in [0.2, 0.25) is 5.02 Å². The Bertz CT molecular complexity index is 425. The molecule has 2 N–H and O–H groups in total. The molecular formula is C12H11ClN2. The molecule has 0 saturated carbocycles. The molecule has 0 spiro atoms. The number of nitrogens with zero attached hydrogens (tertiary/aromatic N) is 1. The molecule has 0 aliphatic carbocycles. The molecule has 1 aromatic heterocycles. The molecule has 0 bridgehead atoms. The second-order valence-corrected chi connectivity index (χ2v) is 3.75. The number of halogens is 1. The topological polar surface area (TPSA) is 38.9 Å². The van der Waals surface area contributed by atoms with Crippen molar-refractivity contribution in [3.63, 3.8) is 0 Å². The average Bonchev–Trinajstić information content (AvgIpc) is 2.30. The Balaban J connectivity index is 2.29. The SMILES string of the molecule is N[C@H](c1ccc(Cl)cc1)c1cccnc1. The van der Waals surface area contributed by atoms with Crippen molar-refractivity contribution in [1.29, 1.82) is 0 Å². The van der Waals surface area contributed by atoms with E-state index >= 15 is 0 Å². The maximum atomic E-state index is 6.08. The third-order valence-electron chi connectivity index (χ3n) is 2.27. The van der Waals surface area contributed by atoms with Gasteiger partial charge in [0.15, 0.2) is 0 Å². The van der Waals surface area contributed by atoms with Gasteiger partial charge in [0, 0.05) is 17.4 Å². The van der Waals surface area contributed by atoms with Crippen LogP contribution < -0.4 is 5.73 Å². The van der Waals surface area contributed by atoms with E-state index in [4.69, 9.17) is 17.3 Å². The van der Waals surface area contributed by atoms with Crippen LogP contribution in [0.3, 0.4) is 0 Å². The van der Waals surface area contributed by atoms with Crippen LogP contribution in [0.5, 0.6) is 0 Å². The summed E-state index contributed by atoms with van der Waals surface area (Å²) in [5, 5.41) is 0.720. The molecule has 2 aromatic rings. The maximum Gasteiger partial charge on any atom is 0.0566 e. The van der Waals surface area contributed by atoms with Crippen molar-refractivity contribution < 1.29 is 0 Å². The summed E-state index contributed by atoms with van der Waals surface area (Å²) in [6.45, 7) is 0. The summed E-state index contributed by atoms with van der Waals surface area (Å²) in [5.74, 6) is 0. The van der Waals surface area contributed by atoms with Gasteiger partial charge in [-0.15, -0.1) is 0 Å². The smallest absolute Gasteiger partial charge is 0.0566 e. The van der Waals surface area contributed by atoms with Crippen LogP contribution in [0.4, 0.5) is 0 Å². The highest BCUT2D eigenvalue weighted by Gasteiger charge is 2.07. The van der Waals surface area contributed by atoms with Gasteiger partial charge in [-0.05, 0) is 29.3 Å². The molecule has 1 aromatic carbocycles. The highest BCUT2D eigenvalue weighted by Crippen LogP contribution is 2.20. The number of hydrogen-bond donors (Lipinski definition) is 1. The maximum absolute atomic E-state index is 6.08. The van der Waals surface area contributed by atoms with Gasteiger partial charge in [0.25, 0.3) is 0 Å². The average molecular weight is 219 g/mol. The summed E-state index contributed by atoms with van der Waals surface area (Å²) in [4.78, 5) is 4.04. The lowest BCUT2D eigenvalue weighted by molar-refractivity contribution is 0.863. The highest BCUT2D eigenvalue weighted by atomic mass is 35.5. The summed E-state index contributed by atoms with van der Waals surface area (Å²) in [6.07, 6.45) is 3.51. The van der Waals surface area contributed by atoms with E-state index in [1.807, 2.05) is 36.4 Å². The summed E-state index contributed by atoms with van der Waals surface area (Å²) in [7, 11) is 0. The predicted molar refractivity (Wildman–Crippen MR) is 61.7 cm³/mol. The van der Waals surface area contributed by atoms with Crippen LogP contribution in [-0.4, -0.2) is 4.98 Å². The van der Waals surface area contributed by atoms with Gasteiger partial charge in [-0.1, -0.05) is 29.8 Å². The first-order chi connectivity index (χ1) is 7.27. The molecule has 0 aliphatic heterocycles. The Kier molecular flexibility index (Phi) is 2.99. The van der Waals surface area contributed by atoms with E-state index in [-0.39, 0.29) is 6.04 Å². The predicted octanol–water partition coefficient (Wildman–Crippen LogP) is 2.78. The Morgan fingerprint density at radius 1 is 1.07 bits per heavy atom. The fourth-order valence-corrected chi connectivity index (χ4v) is 1.55. The summed E-state index contributed by atoms with van der Waals surface area (Å²) >= 11 is 5.81. The molecule has 0 saturated heterocycles. The van der Waals surface area contributed by atoms with Gasteiger partial charge in [0.2, 0.25) is 0 Å². The first-order valence-electron chi connectivity index (χ1n) is 4.68. The summed E-state index contributed by atoms with van der Waals surface area (Å²) in [5.41, 5.74) is 8.12. The van der Waals surface area contributed by atoms with Gasteiger partial charge in [-0.3, -0.25) is 4.98 Å². The van der Waals surface area contributed by atoms with Gasteiger partial charge in [-0.2, -0.15) is 0 Å². The summed E-state index contributed by atoms with van der Waals surface area (Å²) in [6, 6.07) is 11.2. The zero-order valence-electron chi connectivity index (χ0n) is 8.10. The molecule has 3 heteroatoms. The molecule has 0 fully saturated rings. The van der Waals surface area contributed by atoms with E-state index in [2.05, 4.69) is 4.98 Å². The molecule has 1 heterocycles. The van der Waals surface area contributed by atoms with Gasteiger partial charge in [-0.25, -0.2) is 0 Å². The van der Waals surface area contributed by atoms with Crippen molar-refractivity contribution in [2.75, 3.05) is 0 Å². The Labute approximate surface area is 93.7 Å². The molecule has 2 rings (SSSR count). The standard InChI is InChI=1S/C12H11ClN2/c13-11-5-3-9(4-6-11)12(14)10-2-1-7-15-8-10/h1-8,12H,14H2/t12-/m1/s1. The lowest BCUT2D eigenvalue weighted by Gasteiger charge is -2.11. The second kappa shape index (κ2) is 4.43. The van der Waals surface area contributed by atoms with Crippen molar-refractivity contribution in [3.8, 4) is 0 Å². The van der Waals surface area contributed by atoms with Crippen LogP contribution in [-0.2, 0) is 0 Å². The van der Waals surface area contributed by atoms with Gasteiger partial charge >= 0.3 is 0 Å². The molecular weight excluding hydrogens is 208 g/mol. The minimum Gasteiger partial charge on any atom is -0.320 e. The van der Waals surface area contributed by atoms with Gasteiger partial charge in [0.1, 0.15) is 0 Å². The second-order valence-electron chi connectivity index (χ2n) is 3.32. The van der Waals surface area contributed by atoms with Crippen LogP contribution in [0.15, 0.2) is 48.8 Å². The quantitative estimate of drug-likeness (QED) is 0.842. The number of pyridine rings is 1. The molecule has 0 aliphatic rings. The number of rotatable bonds is 2. The molecule has 1 atom stereocenters. The number of nitrogens with two attached hydrogens (primary N) is 1. The van der Waals surface area contributed by atoms with Crippen LogP contribution >= 0.6 is 11.6 Å². The molecule has 0 amide bonds. The van der Waals surface area contributed by atoms with E-state index in [0.29, 0.717) is 0 Å². The van der Waals surface area contributed by atoms with Crippen LogP contribution in [0.25, 0.3) is 0 Å². The van der Waals surface area contributed by atoms with Crippen molar-refractivity contribution in [2.45, 2.75) is 6.04 Å². The summed E-state index contributed by atoms with van der Waals surface area (Å²) < 4.78 is 0. The lowest BCUT2D eigenvalue weighted by Crippen LogP contribution is -2.11. The number of aromatic nitrogens is 1. The molecule has 76 valence electrons. The Morgan fingerprint density at radius 3 is 2.40 bits per heavy atom. The first-order valence-corrected chi connectivity index (χ1v) is 5.06. The molecule has 0 radical (unpaired) electrons. The van der Waals surface area contributed by atoms with E-state index in [1.165, 1.54) is 0 Å². The lowest BCUT2D eigenvalue weighted by atomic mass is 10.0. The van der Waals surface area contributed by atoms with Crippen molar-refractivity contribution in [2.24, 2.45) is 5.73 Å². The van der Waals surface area contributed by atoms with Crippen LogP contribution in [0.1, 0.15) is 17.2 Å². The molecule has 2 nitrogen and oxygen atoms in total. The normalized spacial score (nSPS) is 12.4. The third-order valence-corrected chi connectivity index (χ3v) is 2.52. The largest absolute Gasteiger partial charge is 0.320 e. The minimum atomic E-state index is -0.143. The van der Waals surface area contributed by atoms with E-state index in [0.717, 1.165) is 16.1 Å². The Morgan fingerprint density at radius 2 is 1.80 bits per heavy atom. The molecule has 15 heavy (non-hydrogen) atoms. The zero-order chi connectivity index (χ0) is 10.7. The third kappa shape index (κ3) is 2.35. The minimum absolute atomic E-state index is 0.143.